The van der Waals surface area contributed by atoms with E-state index in [9.17, 15) is 19.5 Å². The molecule has 2 aliphatic heterocycles. The summed E-state index contributed by atoms with van der Waals surface area (Å²) >= 11 is 1.35. The van der Waals surface area contributed by atoms with Gasteiger partial charge in [0, 0.05) is 42.3 Å². The Morgan fingerprint density at radius 1 is 1.46 bits per heavy atom. The van der Waals surface area contributed by atoms with Crippen LogP contribution < -0.4 is 0 Å². The molecule has 3 heterocycles. The second-order valence-electron chi connectivity index (χ2n) is 6.21. The molecule has 1 amide bonds. The van der Waals surface area contributed by atoms with Crippen molar-refractivity contribution >= 4 is 29.4 Å². The Hall–Kier alpha value is -2.19. The third kappa shape index (κ3) is 3.66. The normalized spacial score (nSPS) is 23.0. The molecule has 0 aliphatic carbocycles. The maximum absolute atomic E-state index is 13.0. The molecule has 1 saturated heterocycles. The third-order valence-corrected chi connectivity index (χ3v) is 5.45. The van der Waals surface area contributed by atoms with Gasteiger partial charge in [-0.05, 0) is 31.2 Å². The molecule has 0 unspecified atom stereocenters. The lowest BCUT2D eigenvalue weighted by molar-refractivity contribution is -0.137. The quantitative estimate of drug-likeness (QED) is 0.724. The highest BCUT2D eigenvalue weighted by Crippen LogP contribution is 2.36. The fourth-order valence-electron chi connectivity index (χ4n) is 3.36. The van der Waals surface area contributed by atoms with Gasteiger partial charge in [-0.15, -0.1) is 11.8 Å². The molecule has 26 heavy (non-hydrogen) atoms. The molecule has 0 saturated carbocycles. The second-order valence-corrected chi connectivity index (χ2v) is 7.13. The number of carboxylic acids is 1. The van der Waals surface area contributed by atoms with E-state index >= 15 is 0 Å². The van der Waals surface area contributed by atoms with Crippen molar-refractivity contribution < 1.29 is 24.2 Å². The average Bonchev–Trinajstić information content (AvgIpc) is 3.23. The van der Waals surface area contributed by atoms with Crippen molar-refractivity contribution in [2.45, 2.75) is 30.7 Å². The lowest BCUT2D eigenvalue weighted by Gasteiger charge is -2.27. The summed E-state index contributed by atoms with van der Waals surface area (Å²) in [6.07, 6.45) is 6.03. The highest BCUT2D eigenvalue weighted by Gasteiger charge is 2.43. The van der Waals surface area contributed by atoms with Gasteiger partial charge >= 0.3 is 5.97 Å². The lowest BCUT2D eigenvalue weighted by atomic mass is 9.99. The molecular formula is C18H20N2O5S. The van der Waals surface area contributed by atoms with Gasteiger partial charge in [0.1, 0.15) is 5.37 Å². The van der Waals surface area contributed by atoms with Gasteiger partial charge in [-0.1, -0.05) is 0 Å². The lowest BCUT2D eigenvalue weighted by Crippen LogP contribution is -2.40. The Morgan fingerprint density at radius 3 is 2.85 bits per heavy atom. The Bertz CT molecular complexity index is 743. The van der Waals surface area contributed by atoms with Gasteiger partial charge in [0.15, 0.2) is 5.78 Å². The minimum absolute atomic E-state index is 0.0590. The number of thioether (sulfide) groups is 1. The summed E-state index contributed by atoms with van der Waals surface area (Å²) in [5.74, 6) is -1.88. The summed E-state index contributed by atoms with van der Waals surface area (Å²) in [4.78, 5) is 42.7. The number of nitrogens with zero attached hydrogens (tertiary/aromatic N) is 2. The Kier molecular flexibility index (Phi) is 5.73. The number of ether oxygens (including phenoxy) is 1. The van der Waals surface area contributed by atoms with Gasteiger partial charge in [0.25, 0.3) is 5.91 Å². The number of hydrogen-bond acceptors (Lipinski definition) is 6. The SMILES string of the molecule is CS[C@@H]1C(C(=O)c2cccnc2)=C(CC(=O)O)C(=O)N1C[C@H]1CCCO1. The molecule has 0 spiro atoms. The maximum Gasteiger partial charge on any atom is 0.308 e. The van der Waals surface area contributed by atoms with E-state index in [0.717, 1.165) is 12.8 Å². The minimum atomic E-state index is -1.14. The maximum atomic E-state index is 13.0. The van der Waals surface area contributed by atoms with Crippen LogP contribution in [0.1, 0.15) is 29.6 Å². The molecular weight excluding hydrogens is 356 g/mol. The van der Waals surface area contributed by atoms with Crippen molar-refractivity contribution in [3.8, 4) is 0 Å². The zero-order chi connectivity index (χ0) is 18.7. The third-order valence-electron chi connectivity index (χ3n) is 4.52. The van der Waals surface area contributed by atoms with Crippen molar-refractivity contribution in [1.29, 1.82) is 0 Å². The number of pyridine rings is 1. The summed E-state index contributed by atoms with van der Waals surface area (Å²) in [6, 6.07) is 3.25. The topological polar surface area (TPSA) is 96.8 Å². The minimum Gasteiger partial charge on any atom is -0.481 e. The summed E-state index contributed by atoms with van der Waals surface area (Å²) in [5.41, 5.74) is 0.649. The van der Waals surface area contributed by atoms with Crippen LogP contribution in [0.5, 0.6) is 0 Å². The number of hydrogen-bond donors (Lipinski definition) is 1. The first-order chi connectivity index (χ1) is 12.5. The van der Waals surface area contributed by atoms with E-state index in [0.29, 0.717) is 18.7 Å². The molecule has 1 N–H and O–H groups in total. The number of carbonyl (C=O) groups excluding carboxylic acids is 2. The first-order valence-electron chi connectivity index (χ1n) is 8.38. The van der Waals surface area contributed by atoms with Crippen LogP contribution in [-0.4, -0.2) is 63.5 Å². The van der Waals surface area contributed by atoms with Crippen LogP contribution in [0.15, 0.2) is 35.7 Å². The van der Waals surface area contributed by atoms with Crippen LogP contribution in [0.2, 0.25) is 0 Å². The van der Waals surface area contributed by atoms with Crippen LogP contribution in [0, 0.1) is 0 Å². The molecule has 8 heteroatoms. The summed E-state index contributed by atoms with van der Waals surface area (Å²) in [7, 11) is 0. The number of amides is 1. The fraction of sp³-hybridized carbons (Fsp3) is 0.444. The van der Waals surface area contributed by atoms with Crippen molar-refractivity contribution in [2.24, 2.45) is 0 Å². The average molecular weight is 376 g/mol. The molecule has 2 aliphatic rings. The monoisotopic (exact) mass is 376 g/mol. The van der Waals surface area contributed by atoms with Crippen molar-refractivity contribution in [2.75, 3.05) is 19.4 Å². The van der Waals surface area contributed by atoms with Gasteiger partial charge < -0.3 is 14.7 Å². The Morgan fingerprint density at radius 2 is 2.27 bits per heavy atom. The molecule has 0 aromatic carbocycles. The molecule has 1 aromatic rings. The Balaban J connectivity index is 1.96. The summed E-state index contributed by atoms with van der Waals surface area (Å²) < 4.78 is 5.62. The molecule has 7 nitrogen and oxygen atoms in total. The van der Waals surface area contributed by atoms with E-state index in [4.69, 9.17) is 4.74 Å². The number of carbonyl (C=O) groups is 3. The van der Waals surface area contributed by atoms with E-state index in [-0.39, 0.29) is 23.0 Å². The molecule has 1 aromatic heterocycles. The van der Waals surface area contributed by atoms with E-state index in [1.54, 1.807) is 29.5 Å². The summed E-state index contributed by atoms with van der Waals surface area (Å²) in [5, 5.41) is 8.71. The van der Waals surface area contributed by atoms with Crippen LogP contribution in [-0.2, 0) is 14.3 Å². The predicted molar refractivity (Wildman–Crippen MR) is 95.8 cm³/mol. The molecule has 138 valence electrons. The Labute approximate surface area is 155 Å². The molecule has 0 radical (unpaired) electrons. The number of aliphatic carboxylic acids is 1. The van der Waals surface area contributed by atoms with E-state index in [2.05, 4.69) is 4.98 Å². The zero-order valence-corrected chi connectivity index (χ0v) is 15.2. The van der Waals surface area contributed by atoms with E-state index < -0.39 is 23.7 Å². The van der Waals surface area contributed by atoms with Crippen molar-refractivity contribution in [3.63, 3.8) is 0 Å². The fourth-order valence-corrected chi connectivity index (χ4v) is 4.28. The molecule has 2 atom stereocenters. The number of aromatic nitrogens is 1. The van der Waals surface area contributed by atoms with Crippen LogP contribution >= 0.6 is 11.8 Å². The number of rotatable bonds is 7. The zero-order valence-electron chi connectivity index (χ0n) is 14.4. The number of ketones is 1. The van der Waals surface area contributed by atoms with Gasteiger partial charge in [-0.2, -0.15) is 0 Å². The second kappa shape index (κ2) is 8.01. The van der Waals surface area contributed by atoms with Gasteiger partial charge in [-0.3, -0.25) is 19.4 Å². The number of Topliss-reactive ketones (excluding diaryl/α,β-unsaturated/α-hetero) is 1. The van der Waals surface area contributed by atoms with Gasteiger partial charge in [0.2, 0.25) is 0 Å². The molecule has 0 bridgehead atoms. The van der Waals surface area contributed by atoms with Gasteiger partial charge in [0.05, 0.1) is 12.5 Å². The highest BCUT2D eigenvalue weighted by atomic mass is 32.2. The van der Waals surface area contributed by atoms with Gasteiger partial charge in [-0.25, -0.2) is 0 Å². The molecule has 1 fully saturated rings. The summed E-state index contributed by atoms with van der Waals surface area (Å²) in [6.45, 7) is 1.02. The predicted octanol–water partition coefficient (Wildman–Crippen LogP) is 1.75. The highest BCUT2D eigenvalue weighted by molar-refractivity contribution is 7.99. The van der Waals surface area contributed by atoms with Crippen LogP contribution in [0.4, 0.5) is 0 Å². The number of carboxylic acid groups (broad SMARTS) is 1. The van der Waals surface area contributed by atoms with Crippen molar-refractivity contribution in [1.82, 2.24) is 9.88 Å². The van der Waals surface area contributed by atoms with E-state index in [1.165, 1.54) is 18.0 Å². The van der Waals surface area contributed by atoms with E-state index in [1.807, 2.05) is 0 Å². The standard InChI is InChI=1S/C18H20N2O5S/c1-26-18-15(16(23)11-4-2-6-19-9-11)13(8-14(21)22)17(24)20(18)10-12-5-3-7-25-12/h2,4,6,9,12,18H,3,5,7-8,10H2,1H3,(H,21,22)/t12-,18-/m1/s1. The largest absolute Gasteiger partial charge is 0.481 e. The first-order valence-corrected chi connectivity index (χ1v) is 9.66. The smallest absolute Gasteiger partial charge is 0.308 e. The first kappa shape index (κ1) is 18.6. The van der Waals surface area contributed by atoms with Crippen LogP contribution in [0.25, 0.3) is 0 Å². The molecule has 3 rings (SSSR count). The van der Waals surface area contributed by atoms with Crippen molar-refractivity contribution in [3.05, 3.63) is 41.2 Å². The van der Waals surface area contributed by atoms with Crippen LogP contribution in [0.3, 0.4) is 0 Å².